The molecule has 0 heterocycles. The van der Waals surface area contributed by atoms with Gasteiger partial charge in [0.05, 0.1) is 6.42 Å². The molecule has 0 unspecified atom stereocenters. The number of carboxylic acids is 1. The summed E-state index contributed by atoms with van der Waals surface area (Å²) in [5.74, 6) is -0.706. The Morgan fingerprint density at radius 2 is 1.92 bits per heavy atom. The Balaban J connectivity index is -0.000000480. The van der Waals surface area contributed by atoms with Crippen molar-refractivity contribution in [3.63, 3.8) is 0 Å². The molecule has 1 aliphatic rings. The van der Waals surface area contributed by atoms with Gasteiger partial charge in [-0.1, -0.05) is 19.3 Å². The monoisotopic (exact) mass is 213 g/mol. The summed E-state index contributed by atoms with van der Waals surface area (Å²) in [6, 6.07) is 0. The Bertz CT molecular complexity index is 175. The van der Waals surface area contributed by atoms with E-state index < -0.39 is 5.97 Å². The second-order valence-corrected chi connectivity index (χ2v) is 3.84. The minimum Gasteiger partial charge on any atom is -1.00 e. The van der Waals surface area contributed by atoms with Crippen LogP contribution in [0.3, 0.4) is 0 Å². The summed E-state index contributed by atoms with van der Waals surface area (Å²) in [5.41, 5.74) is 5.54. The summed E-state index contributed by atoms with van der Waals surface area (Å²) in [7, 11) is 0. The van der Waals surface area contributed by atoms with Gasteiger partial charge >= 0.3 is 43.7 Å². The minimum absolute atomic E-state index is 0. The van der Waals surface area contributed by atoms with E-state index in [4.69, 9.17) is 10.8 Å². The van der Waals surface area contributed by atoms with Crippen LogP contribution in [0.1, 0.15) is 41.4 Å². The molecule has 0 saturated heterocycles. The van der Waals surface area contributed by atoms with Crippen LogP contribution in [0, 0.1) is 5.41 Å². The third kappa shape index (κ3) is 4.15. The number of aliphatic carboxylic acids is 1. The Morgan fingerprint density at radius 1 is 1.38 bits per heavy atom. The molecule has 0 spiro atoms. The fourth-order valence-corrected chi connectivity index (χ4v) is 2.08. The van der Waals surface area contributed by atoms with Crippen molar-refractivity contribution in [1.82, 2.24) is 0 Å². The van der Waals surface area contributed by atoms with Crippen molar-refractivity contribution < 1.29 is 12.8 Å². The smallest absolute Gasteiger partial charge is 1.00 e. The van der Waals surface area contributed by atoms with E-state index in [1.165, 1.54) is 6.42 Å². The quantitative estimate of drug-likeness (QED) is 0.693. The van der Waals surface area contributed by atoms with E-state index in [0.29, 0.717) is 6.54 Å². The number of carboxylic acid groups (broad SMARTS) is 1. The van der Waals surface area contributed by atoms with Gasteiger partial charge in [-0.2, -0.15) is 0 Å². The second-order valence-electron chi connectivity index (χ2n) is 3.84. The first kappa shape index (κ1) is 13.7. The van der Waals surface area contributed by atoms with E-state index in [-0.39, 0.29) is 52.4 Å². The summed E-state index contributed by atoms with van der Waals surface area (Å²) < 4.78 is 0. The third-order valence-electron chi connectivity index (χ3n) is 2.87. The van der Waals surface area contributed by atoms with Gasteiger partial charge in [-0.15, -0.1) is 0 Å². The summed E-state index contributed by atoms with van der Waals surface area (Å²) in [5, 5.41) is 8.71. The molecule has 1 fully saturated rings. The number of hydrogen-bond acceptors (Lipinski definition) is 2. The van der Waals surface area contributed by atoms with Crippen LogP contribution < -0.4 is 5.73 Å². The largest absolute Gasteiger partial charge is 2.00 e. The molecule has 74 valence electrons. The van der Waals surface area contributed by atoms with Gasteiger partial charge in [0.2, 0.25) is 0 Å². The van der Waals surface area contributed by atoms with Gasteiger partial charge in [0, 0.05) is 0 Å². The molecule has 0 aliphatic heterocycles. The zero-order chi connectivity index (χ0) is 9.03. The first-order valence-corrected chi connectivity index (χ1v) is 4.60. The van der Waals surface area contributed by atoms with E-state index in [0.717, 1.165) is 25.7 Å². The first-order chi connectivity index (χ1) is 5.68. The first-order valence-electron chi connectivity index (χ1n) is 4.60. The molecule has 1 saturated carbocycles. The van der Waals surface area contributed by atoms with Crippen LogP contribution in [0.5, 0.6) is 0 Å². The van der Waals surface area contributed by atoms with Crippen molar-refractivity contribution >= 4 is 43.7 Å². The fraction of sp³-hybridized carbons (Fsp3) is 0.889. The van der Waals surface area contributed by atoms with E-state index >= 15 is 0 Å². The van der Waals surface area contributed by atoms with E-state index in [2.05, 4.69) is 0 Å². The van der Waals surface area contributed by atoms with E-state index in [1.54, 1.807) is 0 Å². The van der Waals surface area contributed by atoms with Crippen LogP contribution in [-0.4, -0.2) is 55.4 Å². The number of carbonyl (C=O) groups is 1. The molecule has 3 nitrogen and oxygen atoms in total. The fourth-order valence-electron chi connectivity index (χ4n) is 2.08. The molecule has 3 N–H and O–H groups in total. The van der Waals surface area contributed by atoms with Gasteiger partial charge in [0.15, 0.2) is 0 Å². The molecule has 0 radical (unpaired) electrons. The van der Waals surface area contributed by atoms with Gasteiger partial charge in [-0.05, 0) is 24.8 Å². The number of hydrogen-bond donors (Lipinski definition) is 2. The minimum atomic E-state index is -0.706. The van der Waals surface area contributed by atoms with Crippen molar-refractivity contribution in [2.75, 3.05) is 6.54 Å². The van der Waals surface area contributed by atoms with Crippen molar-refractivity contribution in [3.05, 3.63) is 0 Å². The molecule has 0 aromatic rings. The molecular weight excluding hydrogens is 194 g/mol. The predicted octanol–water partition coefficient (Wildman–Crippen LogP) is 1.21. The maximum absolute atomic E-state index is 10.6. The predicted molar refractivity (Wildman–Crippen MR) is 54.8 cm³/mol. The van der Waals surface area contributed by atoms with Crippen LogP contribution in [-0.2, 0) is 4.79 Å². The average molecular weight is 213 g/mol. The molecular formula is C9H19CaNO2. The van der Waals surface area contributed by atoms with Crippen molar-refractivity contribution in [2.45, 2.75) is 38.5 Å². The van der Waals surface area contributed by atoms with Gasteiger partial charge in [0.1, 0.15) is 0 Å². The molecule has 1 rings (SSSR count). The number of nitrogens with two attached hydrogens (primary N) is 1. The standard InChI is InChI=1S/C9H17NO2.Ca.2H/c10-7-9(6-8(11)12)4-2-1-3-5-9;;;/h1-7,10H2,(H,11,12);;;/q;+2;2*-1. The molecule has 13 heavy (non-hydrogen) atoms. The van der Waals surface area contributed by atoms with Gasteiger partial charge in [-0.3, -0.25) is 4.79 Å². The molecule has 0 atom stereocenters. The number of rotatable bonds is 3. The molecule has 0 amide bonds. The van der Waals surface area contributed by atoms with Crippen LogP contribution >= 0.6 is 0 Å². The second kappa shape index (κ2) is 6.23. The summed E-state index contributed by atoms with van der Waals surface area (Å²) in [6.07, 6.45) is 5.77. The molecule has 1 aliphatic carbocycles. The summed E-state index contributed by atoms with van der Waals surface area (Å²) >= 11 is 0. The van der Waals surface area contributed by atoms with Crippen LogP contribution in [0.15, 0.2) is 0 Å². The normalized spacial score (nSPS) is 20.4. The van der Waals surface area contributed by atoms with Crippen LogP contribution in [0.2, 0.25) is 0 Å². The Hall–Kier alpha value is 0.690. The van der Waals surface area contributed by atoms with Crippen LogP contribution in [0.25, 0.3) is 0 Å². The zero-order valence-electron chi connectivity index (χ0n) is 10.1. The summed E-state index contributed by atoms with van der Waals surface area (Å²) in [6.45, 7) is 0.527. The maximum atomic E-state index is 10.6. The topological polar surface area (TPSA) is 63.3 Å². The Labute approximate surface area is 112 Å². The van der Waals surface area contributed by atoms with Crippen molar-refractivity contribution in [3.8, 4) is 0 Å². The molecule has 0 aromatic heterocycles. The van der Waals surface area contributed by atoms with Crippen molar-refractivity contribution in [1.29, 1.82) is 0 Å². The average Bonchev–Trinajstić information content (AvgIpc) is 2.05. The third-order valence-corrected chi connectivity index (χ3v) is 2.87. The van der Waals surface area contributed by atoms with Gasteiger partial charge in [-0.25, -0.2) is 0 Å². The summed E-state index contributed by atoms with van der Waals surface area (Å²) in [4.78, 5) is 10.6. The Morgan fingerprint density at radius 3 is 2.31 bits per heavy atom. The van der Waals surface area contributed by atoms with E-state index in [1.807, 2.05) is 0 Å². The Kier molecular flexibility index (Phi) is 6.56. The molecule has 0 aromatic carbocycles. The zero-order valence-corrected chi connectivity index (χ0v) is 10.3. The van der Waals surface area contributed by atoms with Crippen LogP contribution in [0.4, 0.5) is 0 Å². The molecule has 0 bridgehead atoms. The SMILES string of the molecule is NCC1(CC(=O)O)CCCCC1.[Ca+2].[H-].[H-]. The maximum Gasteiger partial charge on any atom is 2.00 e. The molecule has 4 heteroatoms. The van der Waals surface area contributed by atoms with Gasteiger partial charge < -0.3 is 13.7 Å². The van der Waals surface area contributed by atoms with Crippen molar-refractivity contribution in [2.24, 2.45) is 11.1 Å². The van der Waals surface area contributed by atoms with Gasteiger partial charge in [0.25, 0.3) is 0 Å². The van der Waals surface area contributed by atoms with E-state index in [9.17, 15) is 4.79 Å².